The van der Waals surface area contributed by atoms with Gasteiger partial charge in [0.15, 0.2) is 0 Å². The second kappa shape index (κ2) is 3.51. The fourth-order valence-electron chi connectivity index (χ4n) is 1.25. The van der Waals surface area contributed by atoms with Crippen LogP contribution in [0.1, 0.15) is 5.82 Å². The Morgan fingerprint density at radius 2 is 2.00 bits per heavy atom. The van der Waals surface area contributed by atoms with Crippen LogP contribution in [-0.4, -0.2) is 15.1 Å². The number of H-pyrrole nitrogens is 1. The van der Waals surface area contributed by atoms with E-state index in [1.165, 1.54) is 0 Å². The van der Waals surface area contributed by atoms with Crippen molar-refractivity contribution in [2.24, 2.45) is 5.73 Å². The van der Waals surface area contributed by atoms with Crippen LogP contribution in [0.5, 0.6) is 5.75 Å². The summed E-state index contributed by atoms with van der Waals surface area (Å²) in [5.41, 5.74) is 7.32. The highest BCUT2D eigenvalue weighted by molar-refractivity contribution is 5.59. The molecule has 2 rings (SSSR count). The van der Waals surface area contributed by atoms with Gasteiger partial charge in [-0.1, -0.05) is 0 Å². The van der Waals surface area contributed by atoms with Crippen molar-refractivity contribution in [3.8, 4) is 17.0 Å². The number of hydrogen-bond acceptors (Lipinski definition) is 3. The van der Waals surface area contributed by atoms with E-state index in [-0.39, 0.29) is 5.75 Å². The van der Waals surface area contributed by atoms with Crippen LogP contribution in [0.2, 0.25) is 0 Å². The van der Waals surface area contributed by atoms with Crippen molar-refractivity contribution in [3.05, 3.63) is 36.3 Å². The van der Waals surface area contributed by atoms with Crippen LogP contribution in [0.25, 0.3) is 11.3 Å². The van der Waals surface area contributed by atoms with Crippen LogP contribution in [0.3, 0.4) is 0 Å². The molecule has 0 amide bonds. The Morgan fingerprint density at radius 1 is 1.29 bits per heavy atom. The summed E-state index contributed by atoms with van der Waals surface area (Å²) in [4.78, 5) is 7.17. The summed E-state index contributed by atoms with van der Waals surface area (Å²) in [5.74, 6) is 1.01. The first-order valence-electron chi connectivity index (χ1n) is 4.33. The molecule has 0 atom stereocenters. The van der Waals surface area contributed by atoms with Crippen molar-refractivity contribution in [1.29, 1.82) is 0 Å². The molecule has 0 radical (unpaired) electrons. The second-order valence-electron chi connectivity index (χ2n) is 2.99. The summed E-state index contributed by atoms with van der Waals surface area (Å²) in [6.45, 7) is 0.401. The van der Waals surface area contributed by atoms with Gasteiger partial charge in [0.05, 0.1) is 18.4 Å². The molecule has 0 aliphatic carbocycles. The summed E-state index contributed by atoms with van der Waals surface area (Å²) in [7, 11) is 0. The Bertz CT molecular complexity index is 419. The van der Waals surface area contributed by atoms with Crippen molar-refractivity contribution >= 4 is 0 Å². The molecule has 0 unspecified atom stereocenters. The average molecular weight is 189 g/mol. The zero-order chi connectivity index (χ0) is 9.97. The monoisotopic (exact) mass is 189 g/mol. The van der Waals surface area contributed by atoms with Crippen LogP contribution >= 0.6 is 0 Å². The van der Waals surface area contributed by atoms with Gasteiger partial charge in [0.25, 0.3) is 0 Å². The highest BCUT2D eigenvalue weighted by Crippen LogP contribution is 2.19. The molecule has 4 heteroatoms. The number of aromatic hydroxyl groups is 1. The molecule has 1 aromatic carbocycles. The van der Waals surface area contributed by atoms with Crippen LogP contribution in [0, 0.1) is 0 Å². The summed E-state index contributed by atoms with van der Waals surface area (Å²) in [6.07, 6.45) is 1.73. The van der Waals surface area contributed by atoms with Gasteiger partial charge in [0.1, 0.15) is 11.6 Å². The topological polar surface area (TPSA) is 74.9 Å². The number of aromatic nitrogens is 2. The lowest BCUT2D eigenvalue weighted by Gasteiger charge is -1.97. The van der Waals surface area contributed by atoms with Gasteiger partial charge in [0, 0.05) is 0 Å². The molecular formula is C10H11N3O. The minimum atomic E-state index is 0.257. The van der Waals surface area contributed by atoms with Gasteiger partial charge < -0.3 is 15.8 Å². The Labute approximate surface area is 81.4 Å². The van der Waals surface area contributed by atoms with E-state index >= 15 is 0 Å². The van der Waals surface area contributed by atoms with Gasteiger partial charge in [-0.25, -0.2) is 4.98 Å². The van der Waals surface area contributed by atoms with E-state index in [0.29, 0.717) is 6.54 Å². The summed E-state index contributed by atoms with van der Waals surface area (Å²) >= 11 is 0. The highest BCUT2D eigenvalue weighted by atomic mass is 16.3. The fourth-order valence-corrected chi connectivity index (χ4v) is 1.25. The van der Waals surface area contributed by atoms with Gasteiger partial charge in [-0.05, 0) is 29.8 Å². The standard InChI is InChI=1S/C10H11N3O/c11-5-10-12-6-9(13-10)7-1-3-8(14)4-2-7/h1-4,6,14H,5,11H2,(H,12,13). The van der Waals surface area contributed by atoms with Crippen molar-refractivity contribution in [2.45, 2.75) is 6.54 Å². The number of imidazole rings is 1. The Hall–Kier alpha value is -1.81. The van der Waals surface area contributed by atoms with E-state index in [4.69, 9.17) is 10.8 Å². The Morgan fingerprint density at radius 3 is 2.57 bits per heavy atom. The maximum atomic E-state index is 9.11. The van der Waals surface area contributed by atoms with Gasteiger partial charge in [-0.15, -0.1) is 0 Å². The summed E-state index contributed by atoms with van der Waals surface area (Å²) < 4.78 is 0. The first-order chi connectivity index (χ1) is 6.79. The molecule has 72 valence electrons. The minimum absolute atomic E-state index is 0.257. The summed E-state index contributed by atoms with van der Waals surface area (Å²) in [6, 6.07) is 6.92. The number of aromatic amines is 1. The molecule has 0 aliphatic rings. The van der Waals surface area contributed by atoms with E-state index in [2.05, 4.69) is 9.97 Å². The maximum Gasteiger partial charge on any atom is 0.120 e. The molecular weight excluding hydrogens is 178 g/mol. The zero-order valence-corrected chi connectivity index (χ0v) is 7.57. The van der Waals surface area contributed by atoms with Crippen molar-refractivity contribution in [1.82, 2.24) is 9.97 Å². The predicted molar refractivity (Wildman–Crippen MR) is 53.6 cm³/mol. The number of nitrogens with one attached hydrogen (secondary N) is 1. The first-order valence-corrected chi connectivity index (χ1v) is 4.33. The smallest absolute Gasteiger partial charge is 0.120 e. The lowest BCUT2D eigenvalue weighted by Crippen LogP contribution is -1.97. The second-order valence-corrected chi connectivity index (χ2v) is 2.99. The number of nitrogens with zero attached hydrogens (tertiary/aromatic N) is 1. The van der Waals surface area contributed by atoms with Crippen LogP contribution in [-0.2, 0) is 6.54 Å². The SMILES string of the molecule is NCc1ncc(-c2ccc(O)cc2)[nH]1. The molecule has 0 fully saturated rings. The molecule has 14 heavy (non-hydrogen) atoms. The normalized spacial score (nSPS) is 10.4. The number of nitrogens with two attached hydrogens (primary N) is 1. The Balaban J connectivity index is 2.34. The highest BCUT2D eigenvalue weighted by Gasteiger charge is 2.01. The van der Waals surface area contributed by atoms with Gasteiger partial charge in [0.2, 0.25) is 0 Å². The molecule has 0 spiro atoms. The Kier molecular flexibility index (Phi) is 2.20. The van der Waals surface area contributed by atoms with E-state index in [9.17, 15) is 0 Å². The quantitative estimate of drug-likeness (QED) is 0.665. The average Bonchev–Trinajstić information content (AvgIpc) is 2.67. The number of phenols is 1. The lowest BCUT2D eigenvalue weighted by atomic mass is 10.2. The minimum Gasteiger partial charge on any atom is -0.508 e. The van der Waals surface area contributed by atoms with Gasteiger partial charge in [-0.3, -0.25) is 0 Å². The zero-order valence-electron chi connectivity index (χ0n) is 7.57. The molecule has 0 saturated heterocycles. The van der Waals surface area contributed by atoms with Crippen LogP contribution in [0.4, 0.5) is 0 Å². The van der Waals surface area contributed by atoms with Crippen molar-refractivity contribution in [3.63, 3.8) is 0 Å². The van der Waals surface area contributed by atoms with E-state index in [1.54, 1.807) is 18.3 Å². The van der Waals surface area contributed by atoms with Crippen molar-refractivity contribution in [2.75, 3.05) is 0 Å². The largest absolute Gasteiger partial charge is 0.508 e. The third-order valence-corrected chi connectivity index (χ3v) is 2.00. The molecule has 1 heterocycles. The molecule has 4 nitrogen and oxygen atoms in total. The first kappa shape index (κ1) is 8.77. The van der Waals surface area contributed by atoms with E-state index < -0.39 is 0 Å². The molecule has 0 bridgehead atoms. The van der Waals surface area contributed by atoms with Crippen LogP contribution in [0.15, 0.2) is 30.5 Å². The third kappa shape index (κ3) is 1.60. The number of benzene rings is 1. The number of rotatable bonds is 2. The molecule has 0 saturated carbocycles. The third-order valence-electron chi connectivity index (χ3n) is 2.00. The fraction of sp³-hybridized carbons (Fsp3) is 0.100. The molecule has 1 aromatic heterocycles. The predicted octanol–water partition coefficient (Wildman–Crippen LogP) is 1.24. The van der Waals surface area contributed by atoms with Crippen LogP contribution < -0.4 is 5.73 Å². The summed E-state index contributed by atoms with van der Waals surface area (Å²) in [5, 5.41) is 9.11. The van der Waals surface area contributed by atoms with Gasteiger partial charge in [-0.2, -0.15) is 0 Å². The molecule has 4 N–H and O–H groups in total. The lowest BCUT2D eigenvalue weighted by molar-refractivity contribution is 0.475. The van der Waals surface area contributed by atoms with Gasteiger partial charge >= 0.3 is 0 Å². The van der Waals surface area contributed by atoms with E-state index in [1.807, 2.05) is 12.1 Å². The van der Waals surface area contributed by atoms with Crippen molar-refractivity contribution < 1.29 is 5.11 Å². The van der Waals surface area contributed by atoms with E-state index in [0.717, 1.165) is 17.1 Å². The maximum absolute atomic E-state index is 9.11. The molecule has 2 aromatic rings. The molecule has 0 aliphatic heterocycles. The number of phenolic OH excluding ortho intramolecular Hbond substituents is 1. The number of hydrogen-bond donors (Lipinski definition) is 3.